The summed E-state index contributed by atoms with van der Waals surface area (Å²) in [7, 11) is -2.79. The van der Waals surface area contributed by atoms with E-state index in [0.717, 1.165) is 0 Å². The molecule has 104 valence electrons. The van der Waals surface area contributed by atoms with Gasteiger partial charge in [-0.1, -0.05) is 12.1 Å². The maximum Gasteiger partial charge on any atom is 0.337 e. The fraction of sp³-hybridized carbons (Fsp3) is 0.273. The lowest BCUT2D eigenvalue weighted by molar-refractivity contribution is -0.140. The fourth-order valence-electron chi connectivity index (χ4n) is 1.34. The van der Waals surface area contributed by atoms with Crippen LogP contribution in [0.1, 0.15) is 16.8 Å². The Hall–Kier alpha value is -1.93. The number of rotatable bonds is 6. The van der Waals surface area contributed by atoms with Gasteiger partial charge in [-0.25, -0.2) is 17.9 Å². The highest BCUT2D eigenvalue weighted by Gasteiger charge is 2.21. The van der Waals surface area contributed by atoms with Gasteiger partial charge in [0.05, 0.1) is 24.0 Å². The summed E-state index contributed by atoms with van der Waals surface area (Å²) in [5, 5.41) is 8.91. The van der Waals surface area contributed by atoms with Crippen molar-refractivity contribution in [1.82, 2.24) is 4.72 Å². The van der Waals surface area contributed by atoms with Crippen molar-refractivity contribution in [1.29, 1.82) is 0 Å². The maximum absolute atomic E-state index is 11.9. The minimum Gasteiger partial charge on any atom is -0.478 e. The third-order valence-electron chi connectivity index (χ3n) is 2.26. The highest BCUT2D eigenvalue weighted by Crippen LogP contribution is 2.15. The molecule has 2 N–H and O–H groups in total. The van der Waals surface area contributed by atoms with Gasteiger partial charge in [0, 0.05) is 6.54 Å². The molecule has 0 spiro atoms. The van der Waals surface area contributed by atoms with E-state index in [0.29, 0.717) is 0 Å². The number of hydrogen-bond acceptors (Lipinski definition) is 5. The third-order valence-corrected chi connectivity index (χ3v) is 3.78. The maximum atomic E-state index is 11.9. The van der Waals surface area contributed by atoms with Gasteiger partial charge in [0.15, 0.2) is 0 Å². The second-order valence-corrected chi connectivity index (χ2v) is 5.26. The quantitative estimate of drug-likeness (QED) is 0.725. The smallest absolute Gasteiger partial charge is 0.337 e. The first-order chi connectivity index (χ1) is 8.88. The number of sulfonamides is 1. The van der Waals surface area contributed by atoms with Crippen LogP contribution in [0.4, 0.5) is 0 Å². The lowest BCUT2D eigenvalue weighted by Crippen LogP contribution is -2.28. The summed E-state index contributed by atoms with van der Waals surface area (Å²) in [6.07, 6.45) is -0.134. The van der Waals surface area contributed by atoms with E-state index >= 15 is 0 Å². The summed E-state index contributed by atoms with van der Waals surface area (Å²) >= 11 is 0. The zero-order chi connectivity index (χ0) is 14.5. The summed E-state index contributed by atoms with van der Waals surface area (Å²) in [6.45, 7) is -0.164. The Balaban J connectivity index is 2.89. The minimum atomic E-state index is -3.98. The van der Waals surface area contributed by atoms with Crippen LogP contribution in [-0.2, 0) is 19.6 Å². The topological polar surface area (TPSA) is 110 Å². The van der Waals surface area contributed by atoms with Crippen molar-refractivity contribution in [3.8, 4) is 0 Å². The van der Waals surface area contributed by atoms with Crippen LogP contribution >= 0.6 is 0 Å². The van der Waals surface area contributed by atoms with Gasteiger partial charge in [0.2, 0.25) is 10.0 Å². The van der Waals surface area contributed by atoms with Gasteiger partial charge in [-0.2, -0.15) is 0 Å². The van der Waals surface area contributed by atoms with Crippen LogP contribution in [0.3, 0.4) is 0 Å². The Morgan fingerprint density at radius 1 is 1.32 bits per heavy atom. The molecule has 0 saturated carbocycles. The molecule has 8 heteroatoms. The Morgan fingerprint density at radius 2 is 1.95 bits per heavy atom. The van der Waals surface area contributed by atoms with Gasteiger partial charge in [0.1, 0.15) is 0 Å². The first kappa shape index (κ1) is 15.1. The van der Waals surface area contributed by atoms with Crippen molar-refractivity contribution in [3.63, 3.8) is 0 Å². The van der Waals surface area contributed by atoms with E-state index < -0.39 is 22.0 Å². The van der Waals surface area contributed by atoms with Crippen molar-refractivity contribution in [2.75, 3.05) is 13.7 Å². The van der Waals surface area contributed by atoms with Gasteiger partial charge >= 0.3 is 11.9 Å². The molecular weight excluding hydrogens is 274 g/mol. The average Bonchev–Trinajstić information content (AvgIpc) is 2.38. The standard InChI is InChI=1S/C11H13NO6S/c1-18-10(13)6-7-12-19(16,17)9-5-3-2-4-8(9)11(14)15/h2-5,12H,6-7H2,1H3,(H,14,15). The molecule has 19 heavy (non-hydrogen) atoms. The molecule has 1 rings (SSSR count). The number of carboxylic acid groups (broad SMARTS) is 1. The molecule has 0 unspecified atom stereocenters. The van der Waals surface area contributed by atoms with Crippen LogP contribution in [0.5, 0.6) is 0 Å². The van der Waals surface area contributed by atoms with E-state index in [-0.39, 0.29) is 23.4 Å². The molecule has 0 fully saturated rings. The number of aromatic carboxylic acids is 1. The molecule has 0 aromatic heterocycles. The van der Waals surface area contributed by atoms with Gasteiger partial charge in [-0.05, 0) is 12.1 Å². The molecule has 0 radical (unpaired) electrons. The van der Waals surface area contributed by atoms with E-state index in [9.17, 15) is 18.0 Å². The average molecular weight is 287 g/mol. The van der Waals surface area contributed by atoms with Crippen LogP contribution < -0.4 is 4.72 Å². The lowest BCUT2D eigenvalue weighted by Gasteiger charge is -2.08. The molecule has 0 atom stereocenters. The summed E-state index contributed by atoms with van der Waals surface area (Å²) in [4.78, 5) is 21.4. The normalized spacial score (nSPS) is 11.0. The molecule has 0 amide bonds. The molecule has 0 bridgehead atoms. The lowest BCUT2D eigenvalue weighted by atomic mass is 10.2. The molecule has 0 heterocycles. The number of carbonyl (C=O) groups is 2. The largest absolute Gasteiger partial charge is 0.478 e. The van der Waals surface area contributed by atoms with E-state index in [2.05, 4.69) is 9.46 Å². The van der Waals surface area contributed by atoms with Crippen LogP contribution in [-0.4, -0.2) is 39.1 Å². The molecule has 0 saturated heterocycles. The van der Waals surface area contributed by atoms with Gasteiger partial charge in [-0.3, -0.25) is 4.79 Å². The van der Waals surface area contributed by atoms with E-state index in [1.807, 2.05) is 0 Å². The van der Waals surface area contributed by atoms with Crippen molar-refractivity contribution in [2.45, 2.75) is 11.3 Å². The highest BCUT2D eigenvalue weighted by atomic mass is 32.2. The molecule has 0 aliphatic rings. The van der Waals surface area contributed by atoms with Crippen molar-refractivity contribution < 1.29 is 27.9 Å². The SMILES string of the molecule is COC(=O)CCNS(=O)(=O)c1ccccc1C(=O)O. The van der Waals surface area contributed by atoms with Crippen molar-refractivity contribution in [3.05, 3.63) is 29.8 Å². The zero-order valence-corrected chi connectivity index (χ0v) is 10.9. The van der Waals surface area contributed by atoms with Gasteiger partial charge in [-0.15, -0.1) is 0 Å². The fourth-order valence-corrected chi connectivity index (χ4v) is 2.57. The van der Waals surface area contributed by atoms with Gasteiger partial charge in [0.25, 0.3) is 0 Å². The minimum absolute atomic E-state index is 0.134. The summed E-state index contributed by atoms with van der Waals surface area (Å²) < 4.78 is 30.3. The predicted molar refractivity (Wildman–Crippen MR) is 65.2 cm³/mol. The van der Waals surface area contributed by atoms with E-state index in [1.54, 1.807) is 0 Å². The van der Waals surface area contributed by atoms with Crippen LogP contribution in [0, 0.1) is 0 Å². The Kier molecular flexibility index (Phi) is 5.02. The Bertz CT molecular complexity index is 581. The molecule has 1 aromatic carbocycles. The number of methoxy groups -OCH3 is 1. The Labute approximate surface area is 110 Å². The molecule has 0 aliphatic carbocycles. The summed E-state index contributed by atoms with van der Waals surface area (Å²) in [6, 6.07) is 5.22. The number of nitrogens with one attached hydrogen (secondary N) is 1. The van der Waals surface area contributed by atoms with E-state index in [4.69, 9.17) is 5.11 Å². The first-order valence-electron chi connectivity index (χ1n) is 5.27. The second-order valence-electron chi connectivity index (χ2n) is 3.53. The summed E-state index contributed by atoms with van der Waals surface area (Å²) in [5.41, 5.74) is -0.326. The number of benzene rings is 1. The Morgan fingerprint density at radius 3 is 2.53 bits per heavy atom. The number of carboxylic acids is 1. The van der Waals surface area contributed by atoms with Gasteiger partial charge < -0.3 is 9.84 Å². The zero-order valence-electron chi connectivity index (χ0n) is 10.1. The number of ether oxygens (including phenoxy) is 1. The number of hydrogen-bond donors (Lipinski definition) is 2. The van der Waals surface area contributed by atoms with Crippen LogP contribution in [0.15, 0.2) is 29.2 Å². The van der Waals surface area contributed by atoms with Crippen molar-refractivity contribution >= 4 is 22.0 Å². The molecule has 0 aliphatic heterocycles. The monoisotopic (exact) mass is 287 g/mol. The predicted octanol–water partition coefficient (Wildman–Crippen LogP) is 0.226. The van der Waals surface area contributed by atoms with Crippen LogP contribution in [0.2, 0.25) is 0 Å². The molecule has 7 nitrogen and oxygen atoms in total. The molecular formula is C11H13NO6S. The highest BCUT2D eigenvalue weighted by molar-refractivity contribution is 7.89. The third kappa shape index (κ3) is 4.04. The van der Waals surface area contributed by atoms with Crippen LogP contribution in [0.25, 0.3) is 0 Å². The van der Waals surface area contributed by atoms with E-state index in [1.165, 1.54) is 31.4 Å². The molecule has 1 aromatic rings. The number of carbonyl (C=O) groups excluding carboxylic acids is 1. The second kappa shape index (κ2) is 6.30. The van der Waals surface area contributed by atoms with Crippen molar-refractivity contribution in [2.24, 2.45) is 0 Å². The summed E-state index contributed by atoms with van der Waals surface area (Å²) in [5.74, 6) is -1.90. The first-order valence-corrected chi connectivity index (χ1v) is 6.75. The number of esters is 1.